The summed E-state index contributed by atoms with van der Waals surface area (Å²) in [6.07, 6.45) is 0. The van der Waals surface area contributed by atoms with E-state index in [0.717, 1.165) is 37.4 Å². The van der Waals surface area contributed by atoms with E-state index in [1.54, 1.807) is 0 Å². The number of rotatable bonds is 2. The van der Waals surface area contributed by atoms with Gasteiger partial charge in [-0.1, -0.05) is 5.16 Å². The number of aryl methyl sites for hydroxylation is 1. The van der Waals surface area contributed by atoms with Crippen LogP contribution in [-0.2, 0) is 0 Å². The van der Waals surface area contributed by atoms with Crippen LogP contribution in [0.5, 0.6) is 0 Å². The Balaban J connectivity index is 1.69. The molecule has 1 aromatic rings. The maximum Gasteiger partial charge on any atom is 0.324 e. The third kappa shape index (κ3) is 1.05. The lowest BCUT2D eigenvalue weighted by atomic mass is 10.3. The molecule has 1 aliphatic carbocycles. The van der Waals surface area contributed by atoms with Gasteiger partial charge in [0.1, 0.15) is 0 Å². The largest absolute Gasteiger partial charge is 0.330 e. The highest BCUT2D eigenvalue weighted by Crippen LogP contribution is 2.51. The summed E-state index contributed by atoms with van der Waals surface area (Å²) in [5.41, 5.74) is 5.64. The SMILES string of the molecule is Cc1noc(N2CC3C(CN)C3C2)n1. The Hall–Kier alpha value is -1.10. The predicted molar refractivity (Wildman–Crippen MR) is 50.8 cm³/mol. The summed E-state index contributed by atoms with van der Waals surface area (Å²) in [6, 6.07) is 0.672. The van der Waals surface area contributed by atoms with Crippen LogP contribution in [0, 0.1) is 24.7 Å². The monoisotopic (exact) mass is 194 g/mol. The van der Waals surface area contributed by atoms with Crippen molar-refractivity contribution in [1.82, 2.24) is 10.1 Å². The number of hydrogen-bond acceptors (Lipinski definition) is 5. The Morgan fingerprint density at radius 1 is 1.50 bits per heavy atom. The highest BCUT2D eigenvalue weighted by molar-refractivity contribution is 5.32. The Morgan fingerprint density at radius 2 is 2.21 bits per heavy atom. The molecule has 2 N–H and O–H groups in total. The second-order valence-electron chi connectivity index (χ2n) is 4.26. The van der Waals surface area contributed by atoms with Gasteiger partial charge in [-0.2, -0.15) is 4.98 Å². The highest BCUT2D eigenvalue weighted by atomic mass is 16.5. The number of nitrogens with two attached hydrogens (primary N) is 1. The molecule has 1 saturated carbocycles. The van der Waals surface area contributed by atoms with Crippen LogP contribution in [0.3, 0.4) is 0 Å². The smallest absolute Gasteiger partial charge is 0.324 e. The van der Waals surface area contributed by atoms with Crippen molar-refractivity contribution in [2.45, 2.75) is 6.92 Å². The number of piperidine rings is 1. The van der Waals surface area contributed by atoms with Crippen LogP contribution < -0.4 is 10.6 Å². The summed E-state index contributed by atoms with van der Waals surface area (Å²) in [5.74, 6) is 2.99. The van der Waals surface area contributed by atoms with Crippen LogP contribution in [-0.4, -0.2) is 29.8 Å². The molecule has 0 spiro atoms. The predicted octanol–water partition coefficient (Wildman–Crippen LogP) is 0.0189. The van der Waals surface area contributed by atoms with Crippen molar-refractivity contribution in [3.05, 3.63) is 5.82 Å². The standard InChI is InChI=1S/C9H14N4O/c1-5-11-9(14-12-5)13-3-7-6(2-10)8(7)4-13/h6-8H,2-4,10H2,1H3. The first-order chi connectivity index (χ1) is 6.79. The molecular formula is C9H14N4O. The molecule has 76 valence electrons. The van der Waals surface area contributed by atoms with Crippen LogP contribution in [0.15, 0.2) is 4.52 Å². The maximum atomic E-state index is 5.64. The van der Waals surface area contributed by atoms with E-state index in [9.17, 15) is 0 Å². The van der Waals surface area contributed by atoms with Gasteiger partial charge in [0.15, 0.2) is 5.82 Å². The Bertz CT molecular complexity index is 338. The molecule has 0 aromatic carbocycles. The average Bonchev–Trinajstić information content (AvgIpc) is 2.56. The Labute approximate surface area is 82.3 Å². The van der Waals surface area contributed by atoms with Gasteiger partial charge >= 0.3 is 6.01 Å². The van der Waals surface area contributed by atoms with Gasteiger partial charge in [0, 0.05) is 13.1 Å². The van der Waals surface area contributed by atoms with Crippen molar-refractivity contribution in [3.8, 4) is 0 Å². The fraction of sp³-hybridized carbons (Fsp3) is 0.778. The van der Waals surface area contributed by atoms with E-state index in [2.05, 4.69) is 15.0 Å². The number of anilines is 1. The molecule has 2 aliphatic rings. The lowest BCUT2D eigenvalue weighted by Crippen LogP contribution is -2.26. The molecule has 0 amide bonds. The summed E-state index contributed by atoms with van der Waals surface area (Å²) in [5, 5.41) is 3.79. The molecule has 1 aliphatic heterocycles. The molecule has 0 radical (unpaired) electrons. The van der Waals surface area contributed by atoms with Crippen molar-refractivity contribution >= 4 is 6.01 Å². The van der Waals surface area contributed by atoms with Crippen molar-refractivity contribution < 1.29 is 4.52 Å². The van der Waals surface area contributed by atoms with Crippen LogP contribution in [0.1, 0.15) is 5.82 Å². The van der Waals surface area contributed by atoms with Gasteiger partial charge < -0.3 is 15.2 Å². The molecule has 0 bridgehead atoms. The zero-order valence-electron chi connectivity index (χ0n) is 8.18. The summed E-state index contributed by atoms with van der Waals surface area (Å²) in [4.78, 5) is 6.38. The molecule has 1 aromatic heterocycles. The molecule has 5 nitrogen and oxygen atoms in total. The van der Waals surface area contributed by atoms with Gasteiger partial charge in [-0.05, 0) is 31.2 Å². The van der Waals surface area contributed by atoms with Gasteiger partial charge in [0.2, 0.25) is 0 Å². The normalized spacial score (nSPS) is 34.7. The minimum atomic E-state index is 0.672. The van der Waals surface area contributed by atoms with E-state index in [0.29, 0.717) is 11.8 Å². The second kappa shape index (κ2) is 2.70. The average molecular weight is 194 g/mol. The topological polar surface area (TPSA) is 68.2 Å². The lowest BCUT2D eigenvalue weighted by molar-refractivity contribution is 0.408. The lowest BCUT2D eigenvalue weighted by Gasteiger charge is -2.15. The minimum absolute atomic E-state index is 0.672. The highest BCUT2D eigenvalue weighted by Gasteiger charge is 2.55. The molecule has 2 atom stereocenters. The molecule has 5 heteroatoms. The van der Waals surface area contributed by atoms with Crippen molar-refractivity contribution in [1.29, 1.82) is 0 Å². The van der Waals surface area contributed by atoms with Crippen LogP contribution >= 0.6 is 0 Å². The van der Waals surface area contributed by atoms with E-state index >= 15 is 0 Å². The van der Waals surface area contributed by atoms with Crippen molar-refractivity contribution in [2.24, 2.45) is 23.5 Å². The van der Waals surface area contributed by atoms with E-state index in [-0.39, 0.29) is 0 Å². The fourth-order valence-electron chi connectivity index (χ4n) is 2.57. The Morgan fingerprint density at radius 3 is 2.71 bits per heavy atom. The number of hydrogen-bond donors (Lipinski definition) is 1. The van der Waals surface area contributed by atoms with Gasteiger partial charge in [-0.25, -0.2) is 0 Å². The first-order valence-electron chi connectivity index (χ1n) is 5.05. The van der Waals surface area contributed by atoms with Gasteiger partial charge in [-0.3, -0.25) is 0 Å². The summed E-state index contributed by atoms with van der Waals surface area (Å²) in [7, 11) is 0. The molecular weight excluding hydrogens is 180 g/mol. The zero-order chi connectivity index (χ0) is 9.71. The third-order valence-electron chi connectivity index (χ3n) is 3.43. The van der Waals surface area contributed by atoms with E-state index in [1.165, 1.54) is 0 Å². The third-order valence-corrected chi connectivity index (χ3v) is 3.43. The number of fused-ring (bicyclic) bond motifs is 1. The molecule has 2 fully saturated rings. The Kier molecular flexibility index (Phi) is 1.58. The molecule has 3 rings (SSSR count). The fourth-order valence-corrected chi connectivity index (χ4v) is 2.57. The van der Waals surface area contributed by atoms with Gasteiger partial charge in [-0.15, -0.1) is 0 Å². The van der Waals surface area contributed by atoms with E-state index in [1.807, 2.05) is 6.92 Å². The zero-order valence-corrected chi connectivity index (χ0v) is 8.18. The maximum absolute atomic E-state index is 5.64. The van der Waals surface area contributed by atoms with Crippen molar-refractivity contribution in [2.75, 3.05) is 24.5 Å². The summed E-state index contributed by atoms with van der Waals surface area (Å²) >= 11 is 0. The van der Waals surface area contributed by atoms with E-state index in [4.69, 9.17) is 10.3 Å². The molecule has 1 saturated heterocycles. The van der Waals surface area contributed by atoms with Crippen molar-refractivity contribution in [3.63, 3.8) is 0 Å². The molecule has 2 unspecified atom stereocenters. The quantitative estimate of drug-likeness (QED) is 0.718. The summed E-state index contributed by atoms with van der Waals surface area (Å²) in [6.45, 7) is 4.74. The van der Waals surface area contributed by atoms with Crippen LogP contribution in [0.4, 0.5) is 6.01 Å². The molecule has 2 heterocycles. The first kappa shape index (κ1) is 8.23. The first-order valence-corrected chi connectivity index (χ1v) is 5.05. The summed E-state index contributed by atoms with van der Waals surface area (Å²) < 4.78 is 5.12. The second-order valence-corrected chi connectivity index (χ2v) is 4.26. The minimum Gasteiger partial charge on any atom is -0.330 e. The number of aromatic nitrogens is 2. The number of nitrogens with zero attached hydrogens (tertiary/aromatic N) is 3. The van der Waals surface area contributed by atoms with Gasteiger partial charge in [0.25, 0.3) is 0 Å². The van der Waals surface area contributed by atoms with E-state index < -0.39 is 0 Å². The van der Waals surface area contributed by atoms with Crippen LogP contribution in [0.25, 0.3) is 0 Å². The van der Waals surface area contributed by atoms with Gasteiger partial charge in [0.05, 0.1) is 0 Å². The molecule has 14 heavy (non-hydrogen) atoms. The van der Waals surface area contributed by atoms with Crippen LogP contribution in [0.2, 0.25) is 0 Å².